The number of ether oxygens (including phenoxy) is 2. The van der Waals surface area contributed by atoms with Crippen LogP contribution in [-0.4, -0.2) is 118 Å². The van der Waals surface area contributed by atoms with E-state index in [1.54, 1.807) is 13.4 Å². The molecule has 3 fully saturated rings. The lowest BCUT2D eigenvalue weighted by molar-refractivity contribution is -0.111. The summed E-state index contributed by atoms with van der Waals surface area (Å²) in [6.07, 6.45) is 3.98. The molecule has 1 saturated carbocycles. The molecule has 12 nitrogen and oxygen atoms in total. The van der Waals surface area contributed by atoms with Crippen LogP contribution < -0.4 is 16.4 Å². The van der Waals surface area contributed by atoms with Crippen molar-refractivity contribution in [3.05, 3.63) is 29.6 Å². The van der Waals surface area contributed by atoms with Crippen molar-refractivity contribution in [3.63, 3.8) is 0 Å². The molecule has 6 rings (SSSR count). The van der Waals surface area contributed by atoms with E-state index in [1.165, 1.54) is 5.56 Å². The number of aliphatic imine (C=N–C) groups is 1. The third kappa shape index (κ3) is 6.23. The van der Waals surface area contributed by atoms with Crippen molar-refractivity contribution >= 4 is 17.4 Å². The van der Waals surface area contributed by atoms with Crippen LogP contribution in [0.5, 0.6) is 0 Å². The highest BCUT2D eigenvalue weighted by atomic mass is 16.6. The van der Waals surface area contributed by atoms with E-state index < -0.39 is 36.2 Å². The zero-order valence-corrected chi connectivity index (χ0v) is 28.4. The molecule has 4 heterocycles. The molecule has 1 aromatic carbocycles. The van der Waals surface area contributed by atoms with Crippen molar-refractivity contribution in [2.24, 2.45) is 16.6 Å². The van der Waals surface area contributed by atoms with Crippen molar-refractivity contribution in [3.8, 4) is 0 Å². The largest absolute Gasteiger partial charge is 0.387 e. The van der Waals surface area contributed by atoms with Crippen molar-refractivity contribution in [1.82, 2.24) is 30.4 Å². The molecule has 1 aliphatic carbocycles. The first-order valence-electron chi connectivity index (χ1n) is 17.3. The summed E-state index contributed by atoms with van der Waals surface area (Å²) < 4.78 is 11.9. The van der Waals surface area contributed by atoms with Gasteiger partial charge in [0.2, 0.25) is 0 Å². The molecule has 3 aliphatic heterocycles. The average molecular weight is 641 g/mol. The third-order valence-electron chi connectivity index (χ3n) is 11.1. The number of aliphatic hydroxyl groups is 2. The van der Waals surface area contributed by atoms with Gasteiger partial charge in [0.25, 0.3) is 0 Å². The number of H-pyrrole nitrogens is 1. The minimum atomic E-state index is -1.02. The molecule has 7 atom stereocenters. The highest BCUT2D eigenvalue weighted by molar-refractivity contribution is 5.76. The number of aliphatic hydroxyl groups excluding tert-OH is 2. The molecule has 256 valence electrons. The summed E-state index contributed by atoms with van der Waals surface area (Å²) in [5.41, 5.74) is 9.27. The molecule has 3 unspecified atom stereocenters. The molecule has 0 amide bonds. The number of nitrogens with zero attached hydrogens (tertiary/aromatic N) is 4. The van der Waals surface area contributed by atoms with Crippen molar-refractivity contribution in [2.45, 2.75) is 133 Å². The van der Waals surface area contributed by atoms with Crippen molar-refractivity contribution in [2.75, 3.05) is 26.9 Å². The number of hydrogen-bond acceptors (Lipinski definition) is 11. The Morgan fingerprint density at radius 1 is 1.24 bits per heavy atom. The maximum Gasteiger partial charge on any atom is 0.142 e. The summed E-state index contributed by atoms with van der Waals surface area (Å²) in [7, 11) is 1.75. The number of methoxy groups -OCH3 is 1. The molecular weight excluding hydrogens is 584 g/mol. The summed E-state index contributed by atoms with van der Waals surface area (Å²) >= 11 is 0. The minimum Gasteiger partial charge on any atom is -0.387 e. The van der Waals surface area contributed by atoms with Gasteiger partial charge in [-0.05, 0) is 63.1 Å². The van der Waals surface area contributed by atoms with E-state index in [2.05, 4.69) is 83.2 Å². The molecule has 0 spiro atoms. The zero-order valence-electron chi connectivity index (χ0n) is 28.4. The van der Waals surface area contributed by atoms with Crippen LogP contribution in [0.15, 0.2) is 23.2 Å². The van der Waals surface area contributed by atoms with Crippen LogP contribution in [0.2, 0.25) is 0 Å². The molecule has 12 heteroatoms. The maximum atomic E-state index is 11.2. The van der Waals surface area contributed by atoms with E-state index in [0.29, 0.717) is 37.8 Å². The van der Waals surface area contributed by atoms with E-state index >= 15 is 0 Å². The molecule has 46 heavy (non-hydrogen) atoms. The first-order chi connectivity index (χ1) is 22.0. The summed E-state index contributed by atoms with van der Waals surface area (Å²) in [6, 6.07) is 7.22. The fourth-order valence-corrected chi connectivity index (χ4v) is 8.32. The predicted molar refractivity (Wildman–Crippen MR) is 179 cm³/mol. The number of aryl methyl sites for hydroxylation is 1. The number of aromatic nitrogens is 2. The number of imidazole rings is 1. The van der Waals surface area contributed by atoms with Crippen LogP contribution in [0.4, 0.5) is 0 Å². The van der Waals surface area contributed by atoms with Gasteiger partial charge in [-0.25, -0.2) is 9.88 Å². The number of rotatable bonds is 13. The Morgan fingerprint density at radius 3 is 2.74 bits per heavy atom. The van der Waals surface area contributed by atoms with E-state index in [4.69, 9.17) is 20.2 Å². The Morgan fingerprint density at radius 2 is 2.02 bits per heavy atom. The summed E-state index contributed by atoms with van der Waals surface area (Å²) in [6.45, 7) is 12.7. The Kier molecular flexibility index (Phi) is 9.82. The van der Waals surface area contributed by atoms with Gasteiger partial charge in [-0.15, -0.1) is 0 Å². The average Bonchev–Trinajstić information content (AvgIpc) is 3.66. The fraction of sp³-hybridized carbons (Fsp3) is 0.765. The lowest BCUT2D eigenvalue weighted by atomic mass is 9.76. The maximum absolute atomic E-state index is 11.2. The molecule has 7 N–H and O–H groups in total. The standard InChI is InChI=1S/C34H56N8O4/c1-7-12-34-31(35)36-18-37-32(34)42(19-38-34)30-29(44)28(43)26(46-30)16-41(20(2)3)23-13-21(14-23)8-11-27-39-24-10-9-22(15-25(24)40-27)33(4,5)17-45-6/h9-10,15,18,20-21,23,26,28-32,38,43-44H,7-8,11-14,16-17,19,35H2,1-6H3,(H,36,37)(H,39,40)/t21-,23+,26-,28-,29-,30-,31?,32?,34?/m1/s1. The fourth-order valence-electron chi connectivity index (χ4n) is 8.32. The van der Waals surface area contributed by atoms with Crippen LogP contribution in [-0.2, 0) is 21.3 Å². The second kappa shape index (κ2) is 13.4. The minimum absolute atomic E-state index is 0.0637. The van der Waals surface area contributed by atoms with E-state index in [9.17, 15) is 10.2 Å². The van der Waals surface area contributed by atoms with Gasteiger partial charge in [-0.1, -0.05) is 33.3 Å². The highest BCUT2D eigenvalue weighted by Gasteiger charge is 2.58. The van der Waals surface area contributed by atoms with Crippen molar-refractivity contribution < 1.29 is 19.7 Å². The monoisotopic (exact) mass is 640 g/mol. The summed E-state index contributed by atoms with van der Waals surface area (Å²) in [5.74, 6) is 1.68. The smallest absolute Gasteiger partial charge is 0.142 e. The quantitative estimate of drug-likeness (QED) is 0.191. The Bertz CT molecular complexity index is 1360. The van der Waals surface area contributed by atoms with Gasteiger partial charge in [0.1, 0.15) is 42.7 Å². The topological polar surface area (TPSA) is 157 Å². The number of nitrogens with one attached hydrogen (secondary N) is 3. The number of aromatic amines is 1. The molecule has 0 radical (unpaired) electrons. The first-order valence-corrected chi connectivity index (χ1v) is 17.3. The van der Waals surface area contributed by atoms with Gasteiger partial charge in [0, 0.05) is 37.6 Å². The highest BCUT2D eigenvalue weighted by Crippen LogP contribution is 2.39. The number of benzene rings is 1. The van der Waals surface area contributed by atoms with Crippen LogP contribution in [0.25, 0.3) is 11.0 Å². The number of nitrogens with two attached hydrogens (primary N) is 1. The Labute approximate surface area is 273 Å². The van der Waals surface area contributed by atoms with E-state index in [-0.39, 0.29) is 11.6 Å². The van der Waals surface area contributed by atoms with E-state index in [1.807, 2.05) is 0 Å². The zero-order chi connectivity index (χ0) is 32.8. The van der Waals surface area contributed by atoms with Crippen LogP contribution >= 0.6 is 0 Å². The first kappa shape index (κ1) is 33.7. The van der Waals surface area contributed by atoms with Gasteiger partial charge in [-0.2, -0.15) is 0 Å². The molecule has 0 bridgehead atoms. The van der Waals surface area contributed by atoms with Gasteiger partial charge in [-0.3, -0.25) is 15.2 Å². The second-order valence-corrected chi connectivity index (χ2v) is 15.0. The third-order valence-corrected chi connectivity index (χ3v) is 11.1. The SMILES string of the molecule is CCCC12NCN([C@@H]3O[C@H](CN(C(C)C)[C@H]4C[C@@H](CCc5nc6cc(C(C)(C)COC)ccc6[nH]5)C4)[C@@H](O)[C@H]3O)C1NC=NC2N. The van der Waals surface area contributed by atoms with Crippen LogP contribution in [0.1, 0.15) is 78.1 Å². The molecule has 4 aliphatic rings. The van der Waals surface area contributed by atoms with Crippen molar-refractivity contribution in [1.29, 1.82) is 0 Å². The van der Waals surface area contributed by atoms with Crippen LogP contribution in [0.3, 0.4) is 0 Å². The Hall–Kier alpha value is -2.16. The van der Waals surface area contributed by atoms with Gasteiger partial charge in [0.15, 0.2) is 0 Å². The lowest BCUT2D eigenvalue weighted by Crippen LogP contribution is -2.68. The van der Waals surface area contributed by atoms with E-state index in [0.717, 1.165) is 55.4 Å². The molecule has 2 aromatic rings. The van der Waals surface area contributed by atoms with Crippen LogP contribution in [0, 0.1) is 5.92 Å². The Balaban J connectivity index is 1.03. The summed E-state index contributed by atoms with van der Waals surface area (Å²) in [5, 5.41) is 29.3. The molecule has 1 aromatic heterocycles. The molecular formula is C34H56N8O4. The molecule has 2 saturated heterocycles. The lowest BCUT2D eigenvalue weighted by Gasteiger charge is -2.46. The number of hydrogen-bond donors (Lipinski definition) is 6. The number of fused-ring (bicyclic) bond motifs is 2. The summed E-state index contributed by atoms with van der Waals surface area (Å²) in [4.78, 5) is 17.4. The normalized spacial score (nSPS) is 34.8. The van der Waals surface area contributed by atoms with Gasteiger partial charge < -0.3 is 35.7 Å². The second-order valence-electron chi connectivity index (χ2n) is 15.0. The predicted octanol–water partition coefficient (Wildman–Crippen LogP) is 2.00. The van der Waals surface area contributed by atoms with Gasteiger partial charge in [0.05, 0.1) is 36.2 Å². The van der Waals surface area contributed by atoms with Gasteiger partial charge >= 0.3 is 0 Å².